The van der Waals surface area contributed by atoms with E-state index in [2.05, 4.69) is 22.8 Å². The molecule has 3 fully saturated rings. The highest BCUT2D eigenvalue weighted by Crippen LogP contribution is 2.50. The molecule has 0 radical (unpaired) electrons. The standard InChI is InChI=1S/C26H28N4O3/c1-15(31)24(27)18-9-5-6-10-21(18)28-13-23(32)30-14-17-11-20(17)25(30)26(33)29-22-12-19(22)16-7-3-2-4-8-16/h2-10,17,19-20,22,25,27-28H,11-14H2,1H3,(H,29,33)/t17-,19+,20-,22-,25+/m1/s1. The number of anilines is 1. The minimum Gasteiger partial charge on any atom is -0.376 e. The molecule has 2 amide bonds. The Hall–Kier alpha value is -3.48. The van der Waals surface area contributed by atoms with Crippen molar-refractivity contribution < 1.29 is 14.4 Å². The van der Waals surface area contributed by atoms with Gasteiger partial charge in [0.25, 0.3) is 0 Å². The molecule has 170 valence electrons. The summed E-state index contributed by atoms with van der Waals surface area (Å²) in [7, 11) is 0. The van der Waals surface area contributed by atoms with Gasteiger partial charge in [-0.1, -0.05) is 48.5 Å². The molecule has 7 heteroatoms. The first-order valence-corrected chi connectivity index (χ1v) is 11.5. The molecule has 5 rings (SSSR count). The number of para-hydroxylation sites is 1. The molecule has 1 heterocycles. The average molecular weight is 445 g/mol. The molecular formula is C26H28N4O3. The lowest BCUT2D eigenvalue weighted by Crippen LogP contribution is -2.50. The van der Waals surface area contributed by atoms with Crippen LogP contribution in [0, 0.1) is 17.2 Å². The molecule has 3 aliphatic rings. The van der Waals surface area contributed by atoms with Crippen molar-refractivity contribution in [3.8, 4) is 0 Å². The molecule has 2 saturated carbocycles. The summed E-state index contributed by atoms with van der Waals surface area (Å²) in [4.78, 5) is 39.5. The van der Waals surface area contributed by atoms with E-state index in [0.29, 0.717) is 29.6 Å². The van der Waals surface area contributed by atoms with E-state index in [-0.39, 0.29) is 41.8 Å². The van der Waals surface area contributed by atoms with Gasteiger partial charge in [-0.05, 0) is 36.3 Å². The Morgan fingerprint density at radius 1 is 1.03 bits per heavy atom. The van der Waals surface area contributed by atoms with Gasteiger partial charge >= 0.3 is 0 Å². The quantitative estimate of drug-likeness (QED) is 0.545. The zero-order chi connectivity index (χ0) is 23.1. The van der Waals surface area contributed by atoms with E-state index in [0.717, 1.165) is 12.8 Å². The second kappa shape index (κ2) is 8.46. The van der Waals surface area contributed by atoms with Crippen LogP contribution in [0.1, 0.15) is 36.8 Å². The maximum Gasteiger partial charge on any atom is 0.243 e. The Labute approximate surface area is 193 Å². The Morgan fingerprint density at radius 2 is 1.76 bits per heavy atom. The van der Waals surface area contributed by atoms with Crippen LogP contribution in [0.15, 0.2) is 54.6 Å². The number of hydrogen-bond donors (Lipinski definition) is 3. The number of nitrogens with one attached hydrogen (secondary N) is 3. The Bertz CT molecular complexity index is 1120. The van der Waals surface area contributed by atoms with Crippen molar-refractivity contribution in [1.82, 2.24) is 10.2 Å². The number of carbonyl (C=O) groups excluding carboxylic acids is 3. The first-order chi connectivity index (χ1) is 15.9. The van der Waals surface area contributed by atoms with Crippen LogP contribution < -0.4 is 10.6 Å². The molecule has 5 atom stereocenters. The van der Waals surface area contributed by atoms with E-state index in [1.54, 1.807) is 29.2 Å². The third kappa shape index (κ3) is 4.27. The van der Waals surface area contributed by atoms with E-state index < -0.39 is 6.04 Å². The van der Waals surface area contributed by atoms with Crippen molar-refractivity contribution in [3.05, 3.63) is 65.7 Å². The maximum atomic E-state index is 13.1. The lowest BCUT2D eigenvalue weighted by molar-refractivity contribution is -0.138. The van der Waals surface area contributed by atoms with E-state index >= 15 is 0 Å². The van der Waals surface area contributed by atoms with Gasteiger partial charge in [-0.2, -0.15) is 0 Å². The van der Waals surface area contributed by atoms with Crippen molar-refractivity contribution in [2.75, 3.05) is 18.4 Å². The van der Waals surface area contributed by atoms with Crippen molar-refractivity contribution in [2.24, 2.45) is 11.8 Å². The number of nitrogens with zero attached hydrogens (tertiary/aromatic N) is 1. The zero-order valence-corrected chi connectivity index (χ0v) is 18.6. The molecule has 1 saturated heterocycles. The summed E-state index contributed by atoms with van der Waals surface area (Å²) in [6, 6.07) is 16.9. The monoisotopic (exact) mass is 444 g/mol. The molecule has 2 aromatic rings. The summed E-state index contributed by atoms with van der Waals surface area (Å²) in [5.41, 5.74) is 2.19. The van der Waals surface area contributed by atoms with Crippen LogP contribution >= 0.6 is 0 Å². The normalized spacial score (nSPS) is 26.8. The number of ketones is 1. The van der Waals surface area contributed by atoms with E-state index in [4.69, 9.17) is 5.41 Å². The highest BCUT2D eigenvalue weighted by Gasteiger charge is 2.57. The Kier molecular flexibility index (Phi) is 5.48. The molecule has 7 nitrogen and oxygen atoms in total. The molecular weight excluding hydrogens is 416 g/mol. The van der Waals surface area contributed by atoms with Gasteiger partial charge in [0, 0.05) is 36.7 Å². The van der Waals surface area contributed by atoms with Crippen LogP contribution in [-0.2, 0) is 14.4 Å². The van der Waals surface area contributed by atoms with Crippen LogP contribution in [0.25, 0.3) is 0 Å². The summed E-state index contributed by atoms with van der Waals surface area (Å²) in [5.74, 6) is 0.497. The smallest absolute Gasteiger partial charge is 0.243 e. The number of rotatable bonds is 8. The Balaban J connectivity index is 1.21. The van der Waals surface area contributed by atoms with Crippen LogP contribution in [0.5, 0.6) is 0 Å². The summed E-state index contributed by atoms with van der Waals surface area (Å²) >= 11 is 0. The summed E-state index contributed by atoms with van der Waals surface area (Å²) < 4.78 is 0. The summed E-state index contributed by atoms with van der Waals surface area (Å²) in [6.07, 6.45) is 1.94. The fourth-order valence-corrected chi connectivity index (χ4v) is 5.07. The van der Waals surface area contributed by atoms with E-state index in [9.17, 15) is 14.4 Å². The van der Waals surface area contributed by atoms with Crippen molar-refractivity contribution >= 4 is 29.0 Å². The lowest BCUT2D eigenvalue weighted by Gasteiger charge is -2.27. The van der Waals surface area contributed by atoms with Crippen LogP contribution in [0.3, 0.4) is 0 Å². The predicted molar refractivity (Wildman–Crippen MR) is 125 cm³/mol. The second-order valence-corrected chi connectivity index (χ2v) is 9.35. The molecule has 2 aromatic carbocycles. The molecule has 1 aliphatic heterocycles. The molecule has 0 spiro atoms. The molecule has 0 aromatic heterocycles. The number of carbonyl (C=O) groups is 3. The third-order valence-electron chi connectivity index (χ3n) is 7.06. The fraction of sp³-hybridized carbons (Fsp3) is 0.385. The van der Waals surface area contributed by atoms with Gasteiger partial charge in [-0.25, -0.2) is 0 Å². The van der Waals surface area contributed by atoms with Gasteiger partial charge in [0.2, 0.25) is 11.8 Å². The number of piperidine rings is 1. The maximum absolute atomic E-state index is 13.1. The number of Topliss-reactive ketones (excluding diaryl/α,β-unsaturated/α-hetero) is 1. The first kappa shape index (κ1) is 21.4. The van der Waals surface area contributed by atoms with E-state index in [1.807, 2.05) is 18.2 Å². The summed E-state index contributed by atoms with van der Waals surface area (Å²) in [6.45, 7) is 1.98. The topological polar surface area (TPSA) is 102 Å². The van der Waals surface area contributed by atoms with Crippen LogP contribution in [-0.4, -0.2) is 53.4 Å². The van der Waals surface area contributed by atoms with E-state index in [1.165, 1.54) is 12.5 Å². The number of amides is 2. The van der Waals surface area contributed by atoms with Gasteiger partial charge in [-0.15, -0.1) is 0 Å². The van der Waals surface area contributed by atoms with Crippen molar-refractivity contribution in [2.45, 2.75) is 37.8 Å². The summed E-state index contributed by atoms with van der Waals surface area (Å²) in [5, 5.41) is 14.3. The first-order valence-electron chi connectivity index (χ1n) is 11.5. The van der Waals surface area contributed by atoms with Crippen LogP contribution in [0.4, 0.5) is 5.69 Å². The van der Waals surface area contributed by atoms with Gasteiger partial charge in [0.1, 0.15) is 11.8 Å². The minimum absolute atomic E-state index is 0.0154. The number of benzene rings is 2. The van der Waals surface area contributed by atoms with Gasteiger partial charge < -0.3 is 15.5 Å². The van der Waals surface area contributed by atoms with Crippen LogP contribution in [0.2, 0.25) is 0 Å². The Morgan fingerprint density at radius 3 is 2.52 bits per heavy atom. The van der Waals surface area contributed by atoms with Gasteiger partial charge in [-0.3, -0.25) is 19.8 Å². The average Bonchev–Trinajstić information content (AvgIpc) is 3.74. The van der Waals surface area contributed by atoms with Gasteiger partial charge in [0.15, 0.2) is 5.78 Å². The molecule has 0 unspecified atom stereocenters. The largest absolute Gasteiger partial charge is 0.376 e. The number of likely N-dealkylation sites (tertiary alicyclic amines) is 1. The van der Waals surface area contributed by atoms with Gasteiger partial charge in [0.05, 0.1) is 6.54 Å². The molecule has 2 aliphatic carbocycles. The molecule has 3 N–H and O–H groups in total. The molecule has 33 heavy (non-hydrogen) atoms. The predicted octanol–water partition coefficient (Wildman–Crippen LogP) is 2.57. The highest BCUT2D eigenvalue weighted by molar-refractivity contribution is 6.45. The fourth-order valence-electron chi connectivity index (χ4n) is 5.07. The zero-order valence-electron chi connectivity index (χ0n) is 18.6. The van der Waals surface area contributed by atoms with Crippen molar-refractivity contribution in [3.63, 3.8) is 0 Å². The lowest BCUT2D eigenvalue weighted by atomic mass is 10.1. The third-order valence-corrected chi connectivity index (χ3v) is 7.06. The minimum atomic E-state index is -0.410. The molecule has 0 bridgehead atoms. The SMILES string of the molecule is CC(=O)C(=N)c1ccccc1NCC(=O)N1C[C@H]2C[C@H]2[C@H]1C(=O)N[C@@H]1C[C@H]1c1ccccc1. The highest BCUT2D eigenvalue weighted by atomic mass is 16.2. The second-order valence-electron chi connectivity index (χ2n) is 9.35. The van der Waals surface area contributed by atoms with Crippen molar-refractivity contribution in [1.29, 1.82) is 5.41 Å². The number of fused-ring (bicyclic) bond motifs is 1. The number of hydrogen-bond acceptors (Lipinski definition) is 5.